The number of phenols is 1. The topological polar surface area (TPSA) is 75.3 Å². The lowest BCUT2D eigenvalue weighted by Crippen LogP contribution is -2.13. The monoisotopic (exact) mass is 398 g/mol. The second-order valence-electron chi connectivity index (χ2n) is 4.07. The van der Waals surface area contributed by atoms with Crippen LogP contribution in [0.3, 0.4) is 0 Å². The molecule has 0 spiro atoms. The van der Waals surface area contributed by atoms with Gasteiger partial charge in [0, 0.05) is 16.8 Å². The third kappa shape index (κ3) is 3.45. The zero-order chi connectivity index (χ0) is 14.7. The Balaban J connectivity index is 2.21. The van der Waals surface area contributed by atoms with Gasteiger partial charge in [-0.25, -0.2) is 0 Å². The van der Waals surface area contributed by atoms with Crippen LogP contribution in [0.1, 0.15) is 15.9 Å². The lowest BCUT2D eigenvalue weighted by Gasteiger charge is -2.07. The second kappa shape index (κ2) is 6.19. The third-order valence-electron chi connectivity index (χ3n) is 2.61. The number of nitrogens with one attached hydrogen (secondary N) is 1. The molecule has 102 valence electrons. The van der Waals surface area contributed by atoms with E-state index < -0.39 is 0 Å². The van der Waals surface area contributed by atoms with Crippen LogP contribution < -0.4 is 11.1 Å². The van der Waals surface area contributed by atoms with E-state index in [1.54, 1.807) is 36.4 Å². The van der Waals surface area contributed by atoms with Crippen LogP contribution in [0.4, 0.5) is 5.69 Å². The maximum atomic E-state index is 12.1. The lowest BCUT2D eigenvalue weighted by molar-refractivity contribution is 0.102. The summed E-state index contributed by atoms with van der Waals surface area (Å²) in [7, 11) is 0. The van der Waals surface area contributed by atoms with Gasteiger partial charge in [0.25, 0.3) is 5.91 Å². The molecule has 4 nitrogen and oxygen atoms in total. The number of benzene rings is 2. The van der Waals surface area contributed by atoms with Gasteiger partial charge in [-0.1, -0.05) is 24.4 Å². The quantitative estimate of drug-likeness (QED) is 0.549. The molecule has 0 aliphatic rings. The van der Waals surface area contributed by atoms with E-state index in [0.29, 0.717) is 20.4 Å². The number of carbonyl (C=O) groups is 1. The number of phenolic OH excluding ortho intramolecular Hbond substituents is 1. The lowest BCUT2D eigenvalue weighted by atomic mass is 10.1. The highest BCUT2D eigenvalue weighted by atomic mass is 127. The highest BCUT2D eigenvalue weighted by Crippen LogP contribution is 2.21. The zero-order valence-corrected chi connectivity index (χ0v) is 13.2. The van der Waals surface area contributed by atoms with Gasteiger partial charge in [0.2, 0.25) is 0 Å². The van der Waals surface area contributed by atoms with Crippen molar-refractivity contribution in [1.29, 1.82) is 0 Å². The molecular weight excluding hydrogens is 387 g/mol. The number of thiocarbonyl (C=S) groups is 1. The number of rotatable bonds is 3. The summed E-state index contributed by atoms with van der Waals surface area (Å²) in [4.78, 5) is 12.3. The van der Waals surface area contributed by atoms with Gasteiger partial charge >= 0.3 is 0 Å². The molecule has 0 bridgehead atoms. The van der Waals surface area contributed by atoms with Crippen LogP contribution in [0.25, 0.3) is 0 Å². The molecule has 0 saturated carbocycles. The molecule has 2 rings (SSSR count). The number of aromatic hydroxyl groups is 1. The van der Waals surface area contributed by atoms with Crippen molar-refractivity contribution in [2.75, 3.05) is 5.32 Å². The Morgan fingerprint density at radius 3 is 2.60 bits per heavy atom. The molecule has 6 heteroatoms. The SMILES string of the molecule is NC(=S)c1cccc(NC(=O)c2ccc(I)c(O)c2)c1. The molecule has 2 aromatic rings. The Labute approximate surface area is 135 Å². The van der Waals surface area contributed by atoms with Crippen molar-refractivity contribution in [3.8, 4) is 5.75 Å². The minimum atomic E-state index is -0.309. The third-order valence-corrected chi connectivity index (χ3v) is 3.76. The van der Waals surface area contributed by atoms with Gasteiger partial charge in [0.1, 0.15) is 10.7 Å². The highest BCUT2D eigenvalue weighted by Gasteiger charge is 2.09. The number of amides is 1. The van der Waals surface area contributed by atoms with Crippen molar-refractivity contribution in [3.05, 3.63) is 57.2 Å². The molecule has 0 atom stereocenters. The van der Waals surface area contributed by atoms with Gasteiger partial charge in [-0.2, -0.15) is 0 Å². The summed E-state index contributed by atoms with van der Waals surface area (Å²) < 4.78 is 0.689. The average molecular weight is 398 g/mol. The van der Waals surface area contributed by atoms with Crippen LogP contribution in [0.15, 0.2) is 42.5 Å². The van der Waals surface area contributed by atoms with E-state index in [0.717, 1.165) is 0 Å². The molecule has 0 aliphatic carbocycles. The molecule has 20 heavy (non-hydrogen) atoms. The first-order valence-electron chi connectivity index (χ1n) is 5.67. The van der Waals surface area contributed by atoms with Crippen LogP contribution in [0.2, 0.25) is 0 Å². The molecule has 0 unspecified atom stereocenters. The molecule has 4 N–H and O–H groups in total. The summed E-state index contributed by atoms with van der Waals surface area (Å²) in [6, 6.07) is 11.7. The summed E-state index contributed by atoms with van der Waals surface area (Å²) in [5.74, 6) is -0.230. The fraction of sp³-hybridized carbons (Fsp3) is 0. The van der Waals surface area contributed by atoms with Crippen molar-refractivity contribution < 1.29 is 9.90 Å². The second-order valence-corrected chi connectivity index (χ2v) is 5.67. The molecule has 0 heterocycles. The largest absolute Gasteiger partial charge is 0.507 e. The first-order chi connectivity index (χ1) is 9.47. The van der Waals surface area contributed by atoms with Crippen molar-refractivity contribution in [2.45, 2.75) is 0 Å². The van der Waals surface area contributed by atoms with Crippen molar-refractivity contribution in [3.63, 3.8) is 0 Å². The Kier molecular flexibility index (Phi) is 4.56. The van der Waals surface area contributed by atoms with Gasteiger partial charge in [0.05, 0.1) is 3.57 Å². The van der Waals surface area contributed by atoms with Gasteiger partial charge < -0.3 is 16.2 Å². The minimum absolute atomic E-state index is 0.0788. The maximum absolute atomic E-state index is 12.1. The molecule has 0 aromatic heterocycles. The zero-order valence-electron chi connectivity index (χ0n) is 10.3. The first-order valence-corrected chi connectivity index (χ1v) is 7.16. The fourth-order valence-electron chi connectivity index (χ4n) is 1.61. The molecule has 0 aliphatic heterocycles. The number of hydrogen-bond donors (Lipinski definition) is 3. The van der Waals surface area contributed by atoms with Crippen LogP contribution in [0, 0.1) is 3.57 Å². The van der Waals surface area contributed by atoms with E-state index in [2.05, 4.69) is 5.32 Å². The molecule has 0 radical (unpaired) electrons. The molecule has 1 amide bonds. The predicted molar refractivity (Wildman–Crippen MR) is 91.1 cm³/mol. The van der Waals surface area contributed by atoms with E-state index in [1.807, 2.05) is 22.6 Å². The first kappa shape index (κ1) is 14.7. The van der Waals surface area contributed by atoms with Crippen LogP contribution >= 0.6 is 34.8 Å². The number of halogens is 1. The van der Waals surface area contributed by atoms with E-state index in [9.17, 15) is 9.90 Å². The van der Waals surface area contributed by atoms with E-state index >= 15 is 0 Å². The summed E-state index contributed by atoms with van der Waals surface area (Å²) >= 11 is 6.88. The number of hydrogen-bond acceptors (Lipinski definition) is 3. The molecular formula is C14H11IN2O2S. The summed E-state index contributed by atoms with van der Waals surface area (Å²) in [5.41, 5.74) is 7.20. The summed E-state index contributed by atoms with van der Waals surface area (Å²) in [6.45, 7) is 0. The van der Waals surface area contributed by atoms with Gasteiger partial charge in [0.15, 0.2) is 0 Å². The Morgan fingerprint density at radius 2 is 1.95 bits per heavy atom. The number of nitrogens with two attached hydrogens (primary N) is 1. The summed E-state index contributed by atoms with van der Waals surface area (Å²) in [5, 5.41) is 12.3. The minimum Gasteiger partial charge on any atom is -0.507 e. The number of carbonyl (C=O) groups excluding carboxylic acids is 1. The van der Waals surface area contributed by atoms with Crippen molar-refractivity contribution >= 4 is 51.4 Å². The molecule has 0 saturated heterocycles. The highest BCUT2D eigenvalue weighted by molar-refractivity contribution is 14.1. The van der Waals surface area contributed by atoms with Gasteiger partial charge in [-0.15, -0.1) is 0 Å². The maximum Gasteiger partial charge on any atom is 0.255 e. The Bertz CT molecular complexity index is 689. The average Bonchev–Trinajstić information content (AvgIpc) is 2.42. The summed E-state index contributed by atoms with van der Waals surface area (Å²) in [6.07, 6.45) is 0. The fourth-order valence-corrected chi connectivity index (χ4v) is 2.07. The van der Waals surface area contributed by atoms with E-state index in [1.165, 1.54) is 6.07 Å². The number of anilines is 1. The normalized spacial score (nSPS) is 10.1. The van der Waals surface area contributed by atoms with Crippen molar-refractivity contribution in [2.24, 2.45) is 5.73 Å². The van der Waals surface area contributed by atoms with Crippen LogP contribution in [-0.2, 0) is 0 Å². The van der Waals surface area contributed by atoms with Gasteiger partial charge in [-0.05, 0) is 52.9 Å². The smallest absolute Gasteiger partial charge is 0.255 e. The molecule has 2 aromatic carbocycles. The predicted octanol–water partition coefficient (Wildman–Crippen LogP) is 2.88. The molecule has 0 fully saturated rings. The van der Waals surface area contributed by atoms with Gasteiger partial charge in [-0.3, -0.25) is 4.79 Å². The van der Waals surface area contributed by atoms with Crippen molar-refractivity contribution in [1.82, 2.24) is 0 Å². The van der Waals surface area contributed by atoms with E-state index in [4.69, 9.17) is 18.0 Å². The van der Waals surface area contributed by atoms with Crippen LogP contribution in [-0.4, -0.2) is 16.0 Å². The van der Waals surface area contributed by atoms with E-state index in [-0.39, 0.29) is 16.6 Å². The Morgan fingerprint density at radius 1 is 1.20 bits per heavy atom. The standard InChI is InChI=1S/C14H11IN2O2S/c15-11-5-4-9(7-12(11)18)14(19)17-10-3-1-2-8(6-10)13(16)20/h1-7,18H,(H2,16,20)(H,17,19). The van der Waals surface area contributed by atoms with Crippen LogP contribution in [0.5, 0.6) is 5.75 Å². The Hall–Kier alpha value is -1.67.